The number of thiophene rings is 1. The van der Waals surface area contributed by atoms with Gasteiger partial charge in [0, 0.05) is 11.1 Å². The zero-order valence-corrected chi connectivity index (χ0v) is 10.1. The van der Waals surface area contributed by atoms with Gasteiger partial charge in [0.1, 0.15) is 11.4 Å². The van der Waals surface area contributed by atoms with Crippen LogP contribution in [-0.4, -0.2) is 16.1 Å². The standard InChI is InChI=1S/C12H12N2O2S/c1-8-4-6-17-10(8)7-14-11-9(12(15)16)3-2-5-13-11/h2-6H,7H2,1H3,(H,13,14)(H,15,16). The Bertz CT molecular complexity index is 537. The van der Waals surface area contributed by atoms with Crippen molar-refractivity contribution >= 4 is 23.1 Å². The molecule has 0 saturated heterocycles. The van der Waals surface area contributed by atoms with Gasteiger partial charge in [-0.2, -0.15) is 0 Å². The van der Waals surface area contributed by atoms with Gasteiger partial charge in [-0.05, 0) is 36.1 Å². The van der Waals surface area contributed by atoms with Crippen molar-refractivity contribution in [1.29, 1.82) is 0 Å². The van der Waals surface area contributed by atoms with Gasteiger partial charge in [-0.1, -0.05) is 0 Å². The van der Waals surface area contributed by atoms with E-state index in [9.17, 15) is 4.79 Å². The minimum absolute atomic E-state index is 0.196. The number of nitrogens with one attached hydrogen (secondary N) is 1. The smallest absolute Gasteiger partial charge is 0.339 e. The fourth-order valence-electron chi connectivity index (χ4n) is 1.47. The van der Waals surface area contributed by atoms with E-state index in [1.165, 1.54) is 10.4 Å². The highest BCUT2D eigenvalue weighted by atomic mass is 32.1. The van der Waals surface area contributed by atoms with Crippen molar-refractivity contribution in [1.82, 2.24) is 4.98 Å². The van der Waals surface area contributed by atoms with E-state index in [0.717, 1.165) is 0 Å². The van der Waals surface area contributed by atoms with E-state index in [1.54, 1.807) is 29.7 Å². The first-order valence-corrected chi connectivity index (χ1v) is 6.01. The average molecular weight is 248 g/mol. The molecule has 0 unspecified atom stereocenters. The zero-order chi connectivity index (χ0) is 12.3. The van der Waals surface area contributed by atoms with Crippen molar-refractivity contribution in [2.45, 2.75) is 13.5 Å². The van der Waals surface area contributed by atoms with Gasteiger partial charge < -0.3 is 10.4 Å². The van der Waals surface area contributed by atoms with Crippen LogP contribution in [0.5, 0.6) is 0 Å². The van der Waals surface area contributed by atoms with E-state index in [2.05, 4.69) is 10.3 Å². The molecule has 4 nitrogen and oxygen atoms in total. The van der Waals surface area contributed by atoms with Gasteiger partial charge in [-0.15, -0.1) is 11.3 Å². The number of hydrogen-bond donors (Lipinski definition) is 2. The molecule has 17 heavy (non-hydrogen) atoms. The van der Waals surface area contributed by atoms with E-state index >= 15 is 0 Å². The Morgan fingerprint density at radius 2 is 2.35 bits per heavy atom. The minimum Gasteiger partial charge on any atom is -0.478 e. The lowest BCUT2D eigenvalue weighted by molar-refractivity contribution is 0.0697. The number of hydrogen-bond acceptors (Lipinski definition) is 4. The largest absolute Gasteiger partial charge is 0.478 e. The number of nitrogens with zero attached hydrogens (tertiary/aromatic N) is 1. The number of carboxylic acids is 1. The van der Waals surface area contributed by atoms with Gasteiger partial charge in [0.2, 0.25) is 0 Å². The monoisotopic (exact) mass is 248 g/mol. The second kappa shape index (κ2) is 4.97. The van der Waals surface area contributed by atoms with Crippen LogP contribution in [-0.2, 0) is 6.54 Å². The molecule has 0 radical (unpaired) electrons. The molecule has 0 spiro atoms. The van der Waals surface area contributed by atoms with Gasteiger partial charge >= 0.3 is 5.97 Å². The van der Waals surface area contributed by atoms with Crippen LogP contribution in [0, 0.1) is 6.92 Å². The molecule has 0 atom stereocenters. The summed E-state index contributed by atoms with van der Waals surface area (Å²) in [5.74, 6) is -0.559. The van der Waals surface area contributed by atoms with Gasteiger partial charge in [-0.25, -0.2) is 9.78 Å². The molecule has 2 rings (SSSR count). The Labute approximate surface area is 103 Å². The molecule has 88 valence electrons. The molecule has 0 bridgehead atoms. The summed E-state index contributed by atoms with van der Waals surface area (Å²) in [6, 6.07) is 5.20. The SMILES string of the molecule is Cc1ccsc1CNc1ncccc1C(=O)O. The first-order chi connectivity index (χ1) is 8.18. The first kappa shape index (κ1) is 11.6. The number of aryl methyl sites for hydroxylation is 1. The van der Waals surface area contributed by atoms with Crippen LogP contribution in [0.3, 0.4) is 0 Å². The highest BCUT2D eigenvalue weighted by Crippen LogP contribution is 2.18. The molecule has 0 amide bonds. The highest BCUT2D eigenvalue weighted by molar-refractivity contribution is 7.10. The summed E-state index contributed by atoms with van der Waals surface area (Å²) in [5.41, 5.74) is 1.40. The van der Waals surface area contributed by atoms with Gasteiger partial charge in [0.15, 0.2) is 0 Å². The van der Waals surface area contributed by atoms with Crippen LogP contribution < -0.4 is 5.32 Å². The number of carboxylic acid groups (broad SMARTS) is 1. The van der Waals surface area contributed by atoms with Crippen LogP contribution >= 0.6 is 11.3 Å². The molecule has 0 fully saturated rings. The fourth-order valence-corrected chi connectivity index (χ4v) is 2.31. The lowest BCUT2D eigenvalue weighted by atomic mass is 10.2. The van der Waals surface area contributed by atoms with Gasteiger partial charge in [-0.3, -0.25) is 0 Å². The summed E-state index contributed by atoms with van der Waals surface area (Å²) in [6.07, 6.45) is 1.58. The van der Waals surface area contributed by atoms with Crippen LogP contribution in [0.25, 0.3) is 0 Å². The quantitative estimate of drug-likeness (QED) is 0.873. The Balaban J connectivity index is 2.14. The van der Waals surface area contributed by atoms with Crippen LogP contribution in [0.4, 0.5) is 5.82 Å². The molecule has 0 aliphatic carbocycles. The molecule has 0 aliphatic heterocycles. The molecule has 2 aromatic heterocycles. The maximum Gasteiger partial charge on any atom is 0.339 e. The van der Waals surface area contributed by atoms with Crippen molar-refractivity contribution < 1.29 is 9.90 Å². The number of pyridine rings is 1. The summed E-state index contributed by atoms with van der Waals surface area (Å²) in [5, 5.41) is 14.1. The van der Waals surface area contributed by atoms with Gasteiger partial charge in [0.25, 0.3) is 0 Å². The number of aromatic carboxylic acids is 1. The molecule has 0 aromatic carbocycles. The summed E-state index contributed by atoms with van der Waals surface area (Å²) in [7, 11) is 0. The average Bonchev–Trinajstić information content (AvgIpc) is 2.72. The van der Waals surface area contributed by atoms with Crippen LogP contribution in [0.15, 0.2) is 29.8 Å². The van der Waals surface area contributed by atoms with E-state index in [4.69, 9.17) is 5.11 Å². The third kappa shape index (κ3) is 2.62. The predicted octanol–water partition coefficient (Wildman–Crippen LogP) is 2.76. The summed E-state index contributed by atoms with van der Waals surface area (Å²) in [6.45, 7) is 2.63. The number of anilines is 1. The molecule has 2 N–H and O–H groups in total. The number of aromatic nitrogens is 1. The Morgan fingerprint density at radius 3 is 3.00 bits per heavy atom. The third-order valence-electron chi connectivity index (χ3n) is 2.42. The summed E-state index contributed by atoms with van der Waals surface area (Å²) < 4.78 is 0. The van der Waals surface area contributed by atoms with E-state index in [-0.39, 0.29) is 5.56 Å². The van der Waals surface area contributed by atoms with Crippen molar-refractivity contribution in [3.05, 3.63) is 45.8 Å². The Kier molecular flexibility index (Phi) is 3.39. The zero-order valence-electron chi connectivity index (χ0n) is 9.30. The molecular weight excluding hydrogens is 236 g/mol. The van der Waals surface area contributed by atoms with Crippen molar-refractivity contribution in [3.63, 3.8) is 0 Å². The third-order valence-corrected chi connectivity index (χ3v) is 3.45. The molecule has 0 aliphatic rings. The molecular formula is C12H12N2O2S. The molecule has 0 saturated carbocycles. The van der Waals surface area contributed by atoms with Crippen LogP contribution in [0.1, 0.15) is 20.8 Å². The van der Waals surface area contributed by atoms with Crippen molar-refractivity contribution in [3.8, 4) is 0 Å². The fraction of sp³-hybridized carbons (Fsp3) is 0.167. The summed E-state index contributed by atoms with van der Waals surface area (Å²) in [4.78, 5) is 16.2. The number of rotatable bonds is 4. The lowest BCUT2D eigenvalue weighted by Gasteiger charge is -2.07. The minimum atomic E-state index is -0.969. The molecule has 5 heteroatoms. The van der Waals surface area contributed by atoms with E-state index < -0.39 is 5.97 Å². The lowest BCUT2D eigenvalue weighted by Crippen LogP contribution is -2.07. The molecule has 2 aromatic rings. The highest BCUT2D eigenvalue weighted by Gasteiger charge is 2.10. The van der Waals surface area contributed by atoms with Crippen molar-refractivity contribution in [2.75, 3.05) is 5.32 Å². The maximum atomic E-state index is 11.0. The normalized spacial score (nSPS) is 10.2. The first-order valence-electron chi connectivity index (χ1n) is 5.13. The van der Waals surface area contributed by atoms with E-state index in [1.807, 2.05) is 18.4 Å². The second-order valence-corrected chi connectivity index (χ2v) is 4.59. The summed E-state index contributed by atoms with van der Waals surface area (Å²) >= 11 is 1.65. The van der Waals surface area contributed by atoms with Gasteiger partial charge in [0.05, 0.1) is 6.54 Å². The van der Waals surface area contributed by atoms with Crippen LogP contribution in [0.2, 0.25) is 0 Å². The molecule has 2 heterocycles. The van der Waals surface area contributed by atoms with E-state index in [0.29, 0.717) is 12.4 Å². The maximum absolute atomic E-state index is 11.0. The van der Waals surface area contributed by atoms with Crippen molar-refractivity contribution in [2.24, 2.45) is 0 Å². The topological polar surface area (TPSA) is 62.2 Å². The Morgan fingerprint density at radius 1 is 1.53 bits per heavy atom. The Hall–Kier alpha value is -1.88. The predicted molar refractivity (Wildman–Crippen MR) is 67.6 cm³/mol. The number of carbonyl (C=O) groups is 1. The second-order valence-electron chi connectivity index (χ2n) is 3.59.